The Labute approximate surface area is 163 Å². The molecule has 0 atom stereocenters. The van der Waals surface area contributed by atoms with Crippen LogP contribution in [0.25, 0.3) is 0 Å². The number of hydrogen-bond donors (Lipinski definition) is 1. The van der Waals surface area contributed by atoms with Crippen molar-refractivity contribution in [2.24, 2.45) is 4.99 Å². The maximum absolute atomic E-state index is 13.8. The van der Waals surface area contributed by atoms with Crippen LogP contribution >= 0.6 is 39.9 Å². The highest BCUT2D eigenvalue weighted by Gasteiger charge is 2.21. The van der Waals surface area contributed by atoms with Crippen LogP contribution in [0.1, 0.15) is 25.3 Å². The molecule has 1 heterocycles. The van der Waals surface area contributed by atoms with Crippen molar-refractivity contribution < 1.29 is 9.13 Å². The van der Waals surface area contributed by atoms with Gasteiger partial charge in [-0.05, 0) is 38.0 Å². The lowest BCUT2D eigenvalue weighted by Crippen LogP contribution is -2.46. The van der Waals surface area contributed by atoms with Crippen LogP contribution in [0.4, 0.5) is 4.39 Å². The van der Waals surface area contributed by atoms with E-state index >= 15 is 0 Å². The van der Waals surface area contributed by atoms with Gasteiger partial charge in [-0.3, -0.25) is 4.99 Å². The van der Waals surface area contributed by atoms with Gasteiger partial charge in [0.2, 0.25) is 0 Å². The van der Waals surface area contributed by atoms with E-state index in [-0.39, 0.29) is 29.8 Å². The van der Waals surface area contributed by atoms with E-state index in [9.17, 15) is 4.39 Å². The van der Waals surface area contributed by atoms with E-state index in [1.807, 2.05) is 6.92 Å². The third-order valence-corrected chi connectivity index (χ3v) is 4.29. The quantitative estimate of drug-likeness (QED) is 0.389. The minimum atomic E-state index is -0.207. The summed E-state index contributed by atoms with van der Waals surface area (Å²) in [6, 6.07) is 4.96. The van der Waals surface area contributed by atoms with Gasteiger partial charge in [-0.25, -0.2) is 4.39 Å². The van der Waals surface area contributed by atoms with Crippen molar-refractivity contribution in [1.29, 1.82) is 0 Å². The molecule has 1 aliphatic heterocycles. The number of hydrogen-bond acceptors (Lipinski definition) is 2. The molecule has 0 bridgehead atoms. The molecule has 130 valence electrons. The van der Waals surface area contributed by atoms with Crippen LogP contribution in [-0.4, -0.2) is 43.7 Å². The summed E-state index contributed by atoms with van der Waals surface area (Å²) >= 11 is 3.37. The van der Waals surface area contributed by atoms with Gasteiger partial charge in [0.05, 0.1) is 6.10 Å². The van der Waals surface area contributed by atoms with Crippen molar-refractivity contribution in [3.05, 3.63) is 34.1 Å². The van der Waals surface area contributed by atoms with Crippen LogP contribution in [0, 0.1) is 5.82 Å². The average Bonchev–Trinajstić information content (AvgIpc) is 2.53. The van der Waals surface area contributed by atoms with Gasteiger partial charge in [-0.1, -0.05) is 15.9 Å². The second-order valence-electron chi connectivity index (χ2n) is 5.28. The molecule has 7 heteroatoms. The summed E-state index contributed by atoms with van der Waals surface area (Å²) < 4.78 is 20.3. The largest absolute Gasteiger partial charge is 0.378 e. The molecule has 1 saturated heterocycles. The number of rotatable bonds is 4. The van der Waals surface area contributed by atoms with Crippen molar-refractivity contribution in [2.75, 3.05) is 26.7 Å². The van der Waals surface area contributed by atoms with Crippen molar-refractivity contribution in [2.45, 2.75) is 32.4 Å². The first kappa shape index (κ1) is 20.6. The number of likely N-dealkylation sites (tertiary alicyclic amines) is 1. The van der Waals surface area contributed by atoms with Crippen molar-refractivity contribution in [3.63, 3.8) is 0 Å². The monoisotopic (exact) mass is 499 g/mol. The summed E-state index contributed by atoms with van der Waals surface area (Å²) in [5.41, 5.74) is 0.625. The number of ether oxygens (including phenoxy) is 1. The number of aliphatic imine (C=N–C) groups is 1. The summed E-state index contributed by atoms with van der Waals surface area (Å²) in [6.07, 6.45) is 2.35. The highest BCUT2D eigenvalue weighted by molar-refractivity contribution is 14.0. The zero-order chi connectivity index (χ0) is 15.9. The zero-order valence-corrected chi connectivity index (χ0v) is 17.4. The first-order valence-electron chi connectivity index (χ1n) is 7.65. The van der Waals surface area contributed by atoms with Crippen LogP contribution < -0.4 is 5.32 Å². The van der Waals surface area contributed by atoms with Gasteiger partial charge in [0, 0.05) is 43.3 Å². The number of halogens is 3. The van der Waals surface area contributed by atoms with E-state index < -0.39 is 0 Å². The highest BCUT2D eigenvalue weighted by Crippen LogP contribution is 2.16. The van der Waals surface area contributed by atoms with Crippen LogP contribution in [0.2, 0.25) is 0 Å². The summed E-state index contributed by atoms with van der Waals surface area (Å²) in [5.74, 6) is 0.607. The van der Waals surface area contributed by atoms with Crippen LogP contribution in [0.5, 0.6) is 0 Å². The normalized spacial score (nSPS) is 16.2. The summed E-state index contributed by atoms with van der Waals surface area (Å²) in [5, 5.41) is 3.24. The van der Waals surface area contributed by atoms with E-state index in [0.717, 1.165) is 43.0 Å². The van der Waals surface area contributed by atoms with E-state index in [1.165, 1.54) is 6.07 Å². The molecule has 0 radical (unpaired) electrons. The molecule has 0 amide bonds. The molecular formula is C16H24BrFIN3O. The molecule has 23 heavy (non-hydrogen) atoms. The lowest BCUT2D eigenvalue weighted by molar-refractivity contribution is 0.0263. The van der Waals surface area contributed by atoms with Crippen LogP contribution in [0.15, 0.2) is 27.7 Å². The summed E-state index contributed by atoms with van der Waals surface area (Å²) in [6.45, 7) is 5.03. The van der Waals surface area contributed by atoms with Gasteiger partial charge in [0.25, 0.3) is 0 Å². The molecule has 0 unspecified atom stereocenters. The lowest BCUT2D eigenvalue weighted by atomic mass is 10.1. The highest BCUT2D eigenvalue weighted by atomic mass is 127. The van der Waals surface area contributed by atoms with Gasteiger partial charge in [0.15, 0.2) is 5.96 Å². The third kappa shape index (κ3) is 6.19. The van der Waals surface area contributed by atoms with Crippen molar-refractivity contribution in [3.8, 4) is 0 Å². The second kappa shape index (κ2) is 10.5. The number of nitrogens with zero attached hydrogens (tertiary/aromatic N) is 2. The summed E-state index contributed by atoms with van der Waals surface area (Å²) in [4.78, 5) is 6.51. The van der Waals surface area contributed by atoms with Crippen molar-refractivity contribution >= 4 is 45.9 Å². The molecule has 4 nitrogen and oxygen atoms in total. The van der Waals surface area contributed by atoms with Gasteiger partial charge in [-0.15, -0.1) is 24.0 Å². The Hall–Kier alpha value is -0.410. The maximum Gasteiger partial charge on any atom is 0.193 e. The van der Waals surface area contributed by atoms with Crippen molar-refractivity contribution in [1.82, 2.24) is 10.2 Å². The number of piperidine rings is 1. The fraction of sp³-hybridized carbons (Fsp3) is 0.562. The molecule has 1 N–H and O–H groups in total. The Kier molecular flexibility index (Phi) is 9.38. The Morgan fingerprint density at radius 2 is 2.13 bits per heavy atom. The average molecular weight is 500 g/mol. The number of guanidine groups is 1. The number of benzene rings is 1. The maximum atomic E-state index is 13.8. The molecule has 1 fully saturated rings. The topological polar surface area (TPSA) is 36.9 Å². The van der Waals surface area contributed by atoms with Gasteiger partial charge < -0.3 is 15.0 Å². The minimum Gasteiger partial charge on any atom is -0.378 e. The smallest absolute Gasteiger partial charge is 0.193 e. The van der Waals surface area contributed by atoms with Gasteiger partial charge >= 0.3 is 0 Å². The molecule has 0 saturated carbocycles. The van der Waals surface area contributed by atoms with Gasteiger partial charge in [0.1, 0.15) is 5.82 Å². The fourth-order valence-electron chi connectivity index (χ4n) is 2.66. The molecular weight excluding hydrogens is 476 g/mol. The Bertz CT molecular complexity index is 522. The molecule has 2 rings (SSSR count). The van der Waals surface area contributed by atoms with E-state index in [1.54, 1.807) is 19.2 Å². The predicted molar refractivity (Wildman–Crippen MR) is 106 cm³/mol. The predicted octanol–water partition coefficient (Wildman–Crippen LogP) is 3.78. The van der Waals surface area contributed by atoms with E-state index in [0.29, 0.717) is 18.2 Å². The molecule has 0 aliphatic carbocycles. The molecule has 1 aromatic rings. The summed E-state index contributed by atoms with van der Waals surface area (Å²) in [7, 11) is 1.76. The van der Waals surface area contributed by atoms with Crippen LogP contribution in [0.3, 0.4) is 0 Å². The first-order valence-corrected chi connectivity index (χ1v) is 8.44. The number of nitrogens with one attached hydrogen (secondary N) is 1. The molecule has 1 aliphatic rings. The second-order valence-corrected chi connectivity index (χ2v) is 6.19. The standard InChI is InChI=1S/C16H23BrFN3O.HI/c1-3-22-14-6-8-21(9-7-14)16(19-2)20-11-12-10-13(17)4-5-15(12)18;/h4-5,10,14H,3,6-9,11H2,1-2H3,(H,19,20);1H. The molecule has 0 spiro atoms. The first-order chi connectivity index (χ1) is 10.6. The van der Waals surface area contributed by atoms with Gasteiger partial charge in [-0.2, -0.15) is 0 Å². The van der Waals surface area contributed by atoms with E-state index in [4.69, 9.17) is 4.74 Å². The third-order valence-electron chi connectivity index (χ3n) is 3.80. The van der Waals surface area contributed by atoms with E-state index in [2.05, 4.69) is 31.1 Å². The van der Waals surface area contributed by atoms with Crippen LogP contribution in [-0.2, 0) is 11.3 Å². The zero-order valence-electron chi connectivity index (χ0n) is 13.5. The Morgan fingerprint density at radius 3 is 2.74 bits per heavy atom. The Balaban J connectivity index is 0.00000264. The lowest BCUT2D eigenvalue weighted by Gasteiger charge is -2.34. The molecule has 0 aromatic heterocycles. The Morgan fingerprint density at radius 1 is 1.43 bits per heavy atom. The fourth-order valence-corrected chi connectivity index (χ4v) is 3.06. The molecule has 1 aromatic carbocycles. The SMILES string of the molecule is CCOC1CCN(C(=NC)NCc2cc(Br)ccc2F)CC1.I. The minimum absolute atomic E-state index is 0.